The number of hydrogen-bond donors (Lipinski definition) is 0. The molecular formula is C24H13Cl2F3N2O. The number of pyridine rings is 2. The average Bonchev–Trinajstić information content (AvgIpc) is 2.77. The van der Waals surface area contributed by atoms with Crippen LogP contribution in [-0.4, -0.2) is 9.55 Å². The van der Waals surface area contributed by atoms with Crippen molar-refractivity contribution in [3.8, 4) is 23.5 Å². The molecule has 0 aliphatic carbocycles. The highest BCUT2D eigenvalue weighted by atomic mass is 35.5. The summed E-state index contributed by atoms with van der Waals surface area (Å²) in [6.45, 7) is 0. The highest BCUT2D eigenvalue weighted by molar-refractivity contribution is 6.30. The van der Waals surface area contributed by atoms with E-state index in [-0.39, 0.29) is 15.5 Å². The van der Waals surface area contributed by atoms with Gasteiger partial charge in [-0.05, 0) is 47.0 Å². The maximum atomic E-state index is 13.7. The first-order chi connectivity index (χ1) is 15.2. The second-order valence-electron chi connectivity index (χ2n) is 6.97. The number of benzene rings is 2. The first-order valence-corrected chi connectivity index (χ1v) is 10.1. The zero-order valence-corrected chi connectivity index (χ0v) is 17.7. The Morgan fingerprint density at radius 2 is 1.78 bits per heavy atom. The molecule has 2 aromatic heterocycles. The fraction of sp³-hybridized carbons (Fsp3) is 0.0833. The van der Waals surface area contributed by atoms with Crippen molar-refractivity contribution in [2.45, 2.75) is 11.7 Å². The number of nitrogens with zero attached hydrogens (tertiary/aromatic N) is 2. The molecule has 1 unspecified atom stereocenters. The number of aromatic nitrogens is 2. The summed E-state index contributed by atoms with van der Waals surface area (Å²) in [7, 11) is 0. The van der Waals surface area contributed by atoms with E-state index in [2.05, 4.69) is 10.9 Å². The van der Waals surface area contributed by atoms with Crippen LogP contribution in [0.15, 0.2) is 71.7 Å². The molecule has 32 heavy (non-hydrogen) atoms. The van der Waals surface area contributed by atoms with Crippen LogP contribution in [0, 0.1) is 12.3 Å². The van der Waals surface area contributed by atoms with Crippen molar-refractivity contribution in [1.82, 2.24) is 9.55 Å². The lowest BCUT2D eigenvalue weighted by molar-refractivity contribution is -0.202. The summed E-state index contributed by atoms with van der Waals surface area (Å²) in [4.78, 5) is 16.6. The topological polar surface area (TPSA) is 34.9 Å². The van der Waals surface area contributed by atoms with E-state index in [0.29, 0.717) is 33.0 Å². The van der Waals surface area contributed by atoms with Gasteiger partial charge in [0.15, 0.2) is 0 Å². The normalized spacial score (nSPS) is 12.5. The van der Waals surface area contributed by atoms with Crippen molar-refractivity contribution in [2.24, 2.45) is 0 Å². The largest absolute Gasteiger partial charge is 0.491 e. The van der Waals surface area contributed by atoms with E-state index in [1.165, 1.54) is 6.07 Å². The molecular weight excluding hydrogens is 460 g/mol. The molecule has 8 heteroatoms. The summed E-state index contributed by atoms with van der Waals surface area (Å²) in [6, 6.07) is 15.8. The predicted molar refractivity (Wildman–Crippen MR) is 120 cm³/mol. The quantitative estimate of drug-likeness (QED) is 0.252. The van der Waals surface area contributed by atoms with Crippen molar-refractivity contribution in [1.29, 1.82) is 0 Å². The molecule has 0 spiro atoms. The Kier molecular flexibility index (Phi) is 5.72. The second kappa shape index (κ2) is 8.34. The standard InChI is InChI=1S/C24H13Cl2F3N2O/c1-2-14-4-3-5-16(10-14)18-12-22(32)31(24(27,28)29)21-13-30-20(11-19(18)21)23(26)15-6-8-17(25)9-7-15/h1,3-13,23H. The molecule has 0 amide bonds. The minimum absolute atomic E-state index is 0.167. The average molecular weight is 473 g/mol. The third kappa shape index (κ3) is 4.10. The molecule has 4 rings (SSSR count). The summed E-state index contributed by atoms with van der Waals surface area (Å²) >= 11 is 12.5. The minimum Gasteiger partial charge on any atom is -0.269 e. The summed E-state index contributed by atoms with van der Waals surface area (Å²) in [5.74, 6) is 2.48. The van der Waals surface area contributed by atoms with Crippen LogP contribution < -0.4 is 5.56 Å². The Morgan fingerprint density at radius 3 is 2.44 bits per heavy atom. The maximum absolute atomic E-state index is 13.7. The molecule has 0 aliphatic rings. The van der Waals surface area contributed by atoms with Gasteiger partial charge in [0, 0.05) is 22.0 Å². The summed E-state index contributed by atoms with van der Waals surface area (Å²) in [5, 5.41) is -0.0532. The van der Waals surface area contributed by atoms with Crippen LogP contribution in [0.2, 0.25) is 5.02 Å². The number of fused-ring (bicyclic) bond motifs is 1. The SMILES string of the molecule is C#Cc1cccc(-c2cc(=O)n(C(F)(F)F)c3cnc(C(Cl)c4ccc(Cl)cc4)cc23)c1. The van der Waals surface area contributed by atoms with Gasteiger partial charge in [0.25, 0.3) is 5.56 Å². The van der Waals surface area contributed by atoms with Gasteiger partial charge in [-0.2, -0.15) is 0 Å². The molecule has 0 bridgehead atoms. The van der Waals surface area contributed by atoms with Crippen LogP contribution in [0.5, 0.6) is 0 Å². The summed E-state index contributed by atoms with van der Waals surface area (Å²) in [6.07, 6.45) is 1.55. The first kappa shape index (κ1) is 21.9. The number of alkyl halides is 4. The number of hydrogen-bond acceptors (Lipinski definition) is 2. The third-order valence-corrected chi connectivity index (χ3v) is 5.67. The van der Waals surface area contributed by atoms with Gasteiger partial charge in [-0.1, -0.05) is 41.8 Å². The van der Waals surface area contributed by atoms with Crippen LogP contribution in [-0.2, 0) is 6.30 Å². The van der Waals surface area contributed by atoms with E-state index in [1.807, 2.05) is 0 Å². The number of halogens is 5. The van der Waals surface area contributed by atoms with Gasteiger partial charge in [-0.3, -0.25) is 9.78 Å². The number of terminal acetylenes is 1. The van der Waals surface area contributed by atoms with Gasteiger partial charge in [0.2, 0.25) is 0 Å². The van der Waals surface area contributed by atoms with Crippen LogP contribution in [0.1, 0.15) is 22.2 Å². The van der Waals surface area contributed by atoms with Crippen molar-refractivity contribution < 1.29 is 13.2 Å². The summed E-state index contributed by atoms with van der Waals surface area (Å²) < 4.78 is 40.8. The highest BCUT2D eigenvalue weighted by Gasteiger charge is 2.34. The van der Waals surface area contributed by atoms with E-state index in [0.717, 1.165) is 12.3 Å². The Hall–Kier alpha value is -3.27. The zero-order valence-electron chi connectivity index (χ0n) is 16.2. The predicted octanol–water partition coefficient (Wildman–Crippen LogP) is 6.50. The van der Waals surface area contributed by atoms with Gasteiger partial charge in [0.1, 0.15) is 5.38 Å². The van der Waals surface area contributed by atoms with Crippen molar-refractivity contribution in [3.63, 3.8) is 0 Å². The highest BCUT2D eigenvalue weighted by Crippen LogP contribution is 2.35. The molecule has 2 heterocycles. The molecule has 0 aliphatic heterocycles. The van der Waals surface area contributed by atoms with E-state index < -0.39 is 17.2 Å². The molecule has 0 saturated heterocycles. The lowest BCUT2D eigenvalue weighted by Gasteiger charge is -2.17. The van der Waals surface area contributed by atoms with Gasteiger partial charge in [-0.15, -0.1) is 31.2 Å². The monoisotopic (exact) mass is 472 g/mol. The van der Waals surface area contributed by atoms with Gasteiger partial charge in [0.05, 0.1) is 17.4 Å². The lowest BCUT2D eigenvalue weighted by atomic mass is 9.98. The molecule has 3 nitrogen and oxygen atoms in total. The second-order valence-corrected chi connectivity index (χ2v) is 7.84. The minimum atomic E-state index is -4.92. The molecule has 2 aromatic carbocycles. The fourth-order valence-corrected chi connectivity index (χ4v) is 3.85. The van der Waals surface area contributed by atoms with Crippen LogP contribution in [0.4, 0.5) is 13.2 Å². The van der Waals surface area contributed by atoms with Crippen LogP contribution in [0.3, 0.4) is 0 Å². The van der Waals surface area contributed by atoms with Gasteiger partial charge >= 0.3 is 6.30 Å². The lowest BCUT2D eigenvalue weighted by Crippen LogP contribution is -2.31. The maximum Gasteiger partial charge on any atom is 0.491 e. The Bertz CT molecular complexity index is 1420. The molecule has 160 valence electrons. The van der Waals surface area contributed by atoms with Crippen molar-refractivity contribution in [3.05, 3.63) is 99.1 Å². The van der Waals surface area contributed by atoms with E-state index >= 15 is 0 Å². The molecule has 0 N–H and O–H groups in total. The van der Waals surface area contributed by atoms with Crippen LogP contribution in [0.25, 0.3) is 22.0 Å². The smallest absolute Gasteiger partial charge is 0.269 e. The third-order valence-electron chi connectivity index (χ3n) is 4.94. The summed E-state index contributed by atoms with van der Waals surface area (Å²) in [5.41, 5.74) is 0.723. The Morgan fingerprint density at radius 1 is 1.06 bits per heavy atom. The zero-order chi connectivity index (χ0) is 23.0. The van der Waals surface area contributed by atoms with Crippen molar-refractivity contribution >= 4 is 34.1 Å². The van der Waals surface area contributed by atoms with E-state index in [4.69, 9.17) is 29.6 Å². The number of rotatable bonds is 3. The fourth-order valence-electron chi connectivity index (χ4n) is 3.46. The van der Waals surface area contributed by atoms with Gasteiger partial charge in [-0.25, -0.2) is 4.57 Å². The molecule has 0 fully saturated rings. The molecule has 1 atom stereocenters. The molecule has 0 radical (unpaired) electrons. The first-order valence-electron chi connectivity index (χ1n) is 9.28. The van der Waals surface area contributed by atoms with E-state index in [9.17, 15) is 18.0 Å². The Labute approximate surface area is 191 Å². The van der Waals surface area contributed by atoms with Crippen LogP contribution >= 0.6 is 23.2 Å². The molecule has 0 saturated carbocycles. The van der Waals surface area contributed by atoms with Crippen molar-refractivity contribution in [2.75, 3.05) is 0 Å². The molecule has 4 aromatic rings. The van der Waals surface area contributed by atoms with Gasteiger partial charge < -0.3 is 0 Å². The van der Waals surface area contributed by atoms with E-state index in [1.54, 1.807) is 48.5 Å². The Balaban J connectivity index is 2.00.